The number of ether oxygens (including phenoxy) is 2. The number of nitrogens with zero attached hydrogens (tertiary/aromatic N) is 2. The van der Waals surface area contributed by atoms with Crippen molar-refractivity contribution in [3.63, 3.8) is 0 Å². The minimum atomic E-state index is -3.78. The first-order chi connectivity index (χ1) is 16.4. The van der Waals surface area contributed by atoms with Crippen molar-refractivity contribution in [2.75, 3.05) is 45.9 Å². The first-order valence-corrected chi connectivity index (χ1v) is 13.0. The summed E-state index contributed by atoms with van der Waals surface area (Å²) in [5.74, 6) is 0.605. The van der Waals surface area contributed by atoms with Gasteiger partial charge in [-0.05, 0) is 36.2 Å². The molecule has 0 unspecified atom stereocenters. The molecule has 2 aromatic carbocycles. The Bertz CT molecular complexity index is 1090. The van der Waals surface area contributed by atoms with Gasteiger partial charge in [0.2, 0.25) is 15.9 Å². The predicted molar refractivity (Wildman–Crippen MR) is 125 cm³/mol. The summed E-state index contributed by atoms with van der Waals surface area (Å²) in [5.41, 5.74) is 1.03. The van der Waals surface area contributed by atoms with Crippen molar-refractivity contribution in [2.45, 2.75) is 30.7 Å². The van der Waals surface area contributed by atoms with E-state index in [0.717, 1.165) is 24.9 Å². The Balaban J connectivity index is 1.25. The largest absolute Gasteiger partial charge is 0.490 e. The van der Waals surface area contributed by atoms with Crippen LogP contribution in [0.1, 0.15) is 24.8 Å². The van der Waals surface area contributed by atoms with Crippen LogP contribution in [0.15, 0.2) is 47.4 Å². The monoisotopic (exact) mass is 491 g/mol. The number of amides is 1. The van der Waals surface area contributed by atoms with E-state index in [4.69, 9.17) is 9.47 Å². The molecule has 184 valence electrons. The molecular weight excluding hydrogens is 461 g/mol. The van der Waals surface area contributed by atoms with Gasteiger partial charge in [-0.3, -0.25) is 9.69 Å². The van der Waals surface area contributed by atoms with E-state index in [-0.39, 0.29) is 29.6 Å². The standard InChI is InChI=1S/C24H30FN3O5S/c25-20-5-3-19(4-6-20)18-27-11-1-12-28(14-13-27)24(29)9-10-26-34(30,31)21-7-8-22-23(17-21)33-16-2-15-32-22/h3-8,17,26H,1-2,9-16,18H2. The number of halogens is 1. The van der Waals surface area contributed by atoms with E-state index in [0.29, 0.717) is 50.9 Å². The van der Waals surface area contributed by atoms with Gasteiger partial charge in [0.1, 0.15) is 5.82 Å². The van der Waals surface area contributed by atoms with Crippen molar-refractivity contribution < 1.29 is 27.1 Å². The SMILES string of the molecule is O=C(CCNS(=O)(=O)c1ccc2c(c1)OCCCO2)N1CCCN(Cc2ccc(F)cc2)CC1. The van der Waals surface area contributed by atoms with Crippen LogP contribution in [-0.4, -0.2) is 70.1 Å². The Hall–Kier alpha value is -2.69. The summed E-state index contributed by atoms with van der Waals surface area (Å²) in [5, 5.41) is 0. The predicted octanol–water partition coefficient (Wildman–Crippen LogP) is 2.39. The third-order valence-electron chi connectivity index (χ3n) is 5.92. The summed E-state index contributed by atoms with van der Waals surface area (Å²) in [6, 6.07) is 11.0. The van der Waals surface area contributed by atoms with Crippen LogP contribution < -0.4 is 14.2 Å². The lowest BCUT2D eigenvalue weighted by atomic mass is 10.2. The maximum absolute atomic E-state index is 13.1. The molecule has 0 atom stereocenters. The molecule has 4 rings (SSSR count). The van der Waals surface area contributed by atoms with Gasteiger partial charge >= 0.3 is 0 Å². The van der Waals surface area contributed by atoms with Gasteiger partial charge in [-0.2, -0.15) is 0 Å². The van der Waals surface area contributed by atoms with E-state index < -0.39 is 10.0 Å². The molecule has 1 N–H and O–H groups in total. The Labute approximate surface area is 199 Å². The van der Waals surface area contributed by atoms with E-state index in [1.165, 1.54) is 24.3 Å². The lowest BCUT2D eigenvalue weighted by molar-refractivity contribution is -0.130. The number of sulfonamides is 1. The van der Waals surface area contributed by atoms with E-state index >= 15 is 0 Å². The molecule has 1 amide bonds. The van der Waals surface area contributed by atoms with E-state index in [1.807, 2.05) is 0 Å². The zero-order valence-corrected chi connectivity index (χ0v) is 19.9. The molecular formula is C24H30FN3O5S. The fourth-order valence-corrected chi connectivity index (χ4v) is 5.12. The van der Waals surface area contributed by atoms with Crippen LogP contribution >= 0.6 is 0 Å². The highest BCUT2D eigenvalue weighted by Gasteiger charge is 2.22. The van der Waals surface area contributed by atoms with Crippen LogP contribution in [-0.2, 0) is 21.4 Å². The molecule has 1 saturated heterocycles. The summed E-state index contributed by atoms with van der Waals surface area (Å²) >= 11 is 0. The molecule has 2 heterocycles. The molecule has 0 aliphatic carbocycles. The summed E-state index contributed by atoms with van der Waals surface area (Å²) in [6.07, 6.45) is 1.65. The molecule has 34 heavy (non-hydrogen) atoms. The lowest BCUT2D eigenvalue weighted by Gasteiger charge is -2.22. The van der Waals surface area contributed by atoms with Gasteiger partial charge in [0.05, 0.1) is 18.1 Å². The fourth-order valence-electron chi connectivity index (χ4n) is 4.07. The van der Waals surface area contributed by atoms with Crippen LogP contribution in [0.5, 0.6) is 11.5 Å². The van der Waals surface area contributed by atoms with Gasteiger partial charge in [0, 0.05) is 58.2 Å². The normalized spacial score (nSPS) is 17.1. The second-order valence-electron chi connectivity index (χ2n) is 8.44. The quantitative estimate of drug-likeness (QED) is 0.640. The third-order valence-corrected chi connectivity index (χ3v) is 7.38. The molecule has 0 bridgehead atoms. The van der Waals surface area contributed by atoms with Crippen LogP contribution in [0.2, 0.25) is 0 Å². The van der Waals surface area contributed by atoms with E-state index in [9.17, 15) is 17.6 Å². The lowest BCUT2D eigenvalue weighted by Crippen LogP contribution is -2.37. The van der Waals surface area contributed by atoms with Crippen LogP contribution in [0.4, 0.5) is 4.39 Å². The van der Waals surface area contributed by atoms with E-state index in [2.05, 4.69) is 9.62 Å². The highest BCUT2D eigenvalue weighted by atomic mass is 32.2. The number of nitrogens with one attached hydrogen (secondary N) is 1. The molecule has 2 aromatic rings. The Morgan fingerprint density at radius 2 is 1.71 bits per heavy atom. The Morgan fingerprint density at radius 3 is 2.50 bits per heavy atom. The number of fused-ring (bicyclic) bond motifs is 1. The number of carbonyl (C=O) groups is 1. The summed E-state index contributed by atoms with van der Waals surface area (Å²) in [4.78, 5) is 16.8. The fraction of sp³-hybridized carbons (Fsp3) is 0.458. The summed E-state index contributed by atoms with van der Waals surface area (Å²) in [6.45, 7) is 4.49. The maximum Gasteiger partial charge on any atom is 0.240 e. The van der Waals surface area contributed by atoms with Crippen LogP contribution in [0, 0.1) is 5.82 Å². The second-order valence-corrected chi connectivity index (χ2v) is 10.2. The minimum Gasteiger partial charge on any atom is -0.490 e. The van der Waals surface area contributed by atoms with Crippen LogP contribution in [0.25, 0.3) is 0 Å². The summed E-state index contributed by atoms with van der Waals surface area (Å²) in [7, 11) is -3.78. The second kappa shape index (κ2) is 11.2. The highest BCUT2D eigenvalue weighted by molar-refractivity contribution is 7.89. The van der Waals surface area contributed by atoms with Gasteiger partial charge in [0.15, 0.2) is 11.5 Å². The molecule has 8 nitrogen and oxygen atoms in total. The topological polar surface area (TPSA) is 88.2 Å². The van der Waals surface area contributed by atoms with E-state index in [1.54, 1.807) is 23.1 Å². The molecule has 0 aromatic heterocycles. The van der Waals surface area contributed by atoms with Crippen LogP contribution in [0.3, 0.4) is 0 Å². The van der Waals surface area contributed by atoms with Crippen molar-refractivity contribution in [3.8, 4) is 11.5 Å². The van der Waals surface area contributed by atoms with Gasteiger partial charge < -0.3 is 14.4 Å². The Morgan fingerprint density at radius 1 is 0.941 bits per heavy atom. The molecule has 0 radical (unpaired) electrons. The average Bonchev–Trinajstić information content (AvgIpc) is 3.20. The molecule has 2 aliphatic rings. The molecule has 2 aliphatic heterocycles. The maximum atomic E-state index is 13.1. The Kier molecular flexibility index (Phi) is 8.02. The summed E-state index contributed by atoms with van der Waals surface area (Å²) < 4.78 is 52.1. The average molecular weight is 492 g/mol. The molecule has 10 heteroatoms. The van der Waals surface area contributed by atoms with Crippen molar-refractivity contribution in [3.05, 3.63) is 53.8 Å². The van der Waals surface area contributed by atoms with Gasteiger partial charge in [0.25, 0.3) is 0 Å². The number of rotatable bonds is 7. The molecule has 0 spiro atoms. The van der Waals surface area contributed by atoms with Crippen molar-refractivity contribution in [1.82, 2.24) is 14.5 Å². The molecule has 0 saturated carbocycles. The van der Waals surface area contributed by atoms with Gasteiger partial charge in [-0.1, -0.05) is 12.1 Å². The van der Waals surface area contributed by atoms with Crippen molar-refractivity contribution in [2.24, 2.45) is 0 Å². The highest BCUT2D eigenvalue weighted by Crippen LogP contribution is 2.31. The molecule has 1 fully saturated rings. The van der Waals surface area contributed by atoms with Crippen molar-refractivity contribution >= 4 is 15.9 Å². The van der Waals surface area contributed by atoms with Gasteiger partial charge in [-0.25, -0.2) is 17.5 Å². The first kappa shape index (κ1) is 24.4. The number of carbonyl (C=O) groups excluding carboxylic acids is 1. The number of hydrogen-bond donors (Lipinski definition) is 1. The third kappa shape index (κ3) is 6.46. The minimum absolute atomic E-state index is 0.0192. The zero-order valence-electron chi connectivity index (χ0n) is 19.0. The number of hydrogen-bond acceptors (Lipinski definition) is 6. The smallest absolute Gasteiger partial charge is 0.240 e. The zero-order chi connectivity index (χ0) is 24.0. The number of benzene rings is 2. The first-order valence-electron chi connectivity index (χ1n) is 11.5. The van der Waals surface area contributed by atoms with Crippen molar-refractivity contribution in [1.29, 1.82) is 0 Å². The van der Waals surface area contributed by atoms with Gasteiger partial charge in [-0.15, -0.1) is 0 Å².